The maximum absolute atomic E-state index is 11.9. The van der Waals surface area contributed by atoms with Crippen LogP contribution in [0.25, 0.3) is 0 Å². The summed E-state index contributed by atoms with van der Waals surface area (Å²) in [5.74, 6) is -3.38. The van der Waals surface area contributed by atoms with Crippen molar-refractivity contribution in [2.75, 3.05) is 18.5 Å². The number of esters is 1. The average molecular weight is 389 g/mol. The molecule has 0 bridgehead atoms. The van der Waals surface area contributed by atoms with E-state index >= 15 is 0 Å². The van der Waals surface area contributed by atoms with Crippen molar-refractivity contribution in [2.24, 2.45) is 0 Å². The summed E-state index contributed by atoms with van der Waals surface area (Å²) in [5.41, 5.74) is 2.39. The third-order valence-electron chi connectivity index (χ3n) is 3.17. The second-order valence-corrected chi connectivity index (χ2v) is 5.53. The first-order valence-corrected chi connectivity index (χ1v) is 7.63. The standard InChI is InChI=1S/C16H18F3N3O5/c1-9-3-4-11(5-10(9)2)21-15(26)22-13(24)7-27-14(25)6-12(23)20-8-16(17,18)19/h3-5H,6-8H2,1-2H3,(H,20,23)(H2,21,22,24,26). The lowest BCUT2D eigenvalue weighted by molar-refractivity contribution is -0.152. The summed E-state index contributed by atoms with van der Waals surface area (Å²) >= 11 is 0. The van der Waals surface area contributed by atoms with Gasteiger partial charge in [0.25, 0.3) is 5.91 Å². The SMILES string of the molecule is Cc1ccc(NC(=O)NC(=O)COC(=O)CC(=O)NCC(F)(F)F)cc1C. The molecular weight excluding hydrogens is 371 g/mol. The molecule has 1 aromatic rings. The van der Waals surface area contributed by atoms with E-state index in [0.29, 0.717) is 5.69 Å². The number of amides is 4. The second kappa shape index (κ2) is 9.55. The van der Waals surface area contributed by atoms with Crippen LogP contribution in [0.3, 0.4) is 0 Å². The number of hydrogen-bond acceptors (Lipinski definition) is 5. The Hall–Kier alpha value is -3.11. The van der Waals surface area contributed by atoms with E-state index in [1.165, 1.54) is 5.32 Å². The summed E-state index contributed by atoms with van der Waals surface area (Å²) in [7, 11) is 0. The van der Waals surface area contributed by atoms with Crippen LogP contribution in [0.4, 0.5) is 23.7 Å². The molecule has 0 aromatic heterocycles. The minimum atomic E-state index is -4.61. The molecule has 0 aliphatic carbocycles. The molecule has 0 fully saturated rings. The predicted molar refractivity (Wildman–Crippen MR) is 87.7 cm³/mol. The van der Waals surface area contributed by atoms with Crippen molar-refractivity contribution >= 4 is 29.5 Å². The number of alkyl halides is 3. The number of anilines is 1. The van der Waals surface area contributed by atoms with Gasteiger partial charge in [-0.3, -0.25) is 19.7 Å². The number of urea groups is 1. The van der Waals surface area contributed by atoms with E-state index in [0.717, 1.165) is 11.1 Å². The van der Waals surface area contributed by atoms with Gasteiger partial charge < -0.3 is 15.4 Å². The topological polar surface area (TPSA) is 114 Å². The number of benzene rings is 1. The molecule has 3 N–H and O–H groups in total. The molecule has 27 heavy (non-hydrogen) atoms. The fraction of sp³-hybridized carbons (Fsp3) is 0.375. The Morgan fingerprint density at radius 2 is 1.70 bits per heavy atom. The molecular formula is C16H18F3N3O5. The Labute approximate surface area is 152 Å². The van der Waals surface area contributed by atoms with E-state index in [1.54, 1.807) is 18.2 Å². The molecule has 0 aliphatic heterocycles. The van der Waals surface area contributed by atoms with E-state index in [9.17, 15) is 32.3 Å². The first-order valence-electron chi connectivity index (χ1n) is 7.63. The Morgan fingerprint density at radius 1 is 1.04 bits per heavy atom. The number of aryl methyl sites for hydroxylation is 2. The van der Waals surface area contributed by atoms with Crippen molar-refractivity contribution < 1.29 is 37.1 Å². The van der Waals surface area contributed by atoms with Gasteiger partial charge in [-0.2, -0.15) is 13.2 Å². The molecule has 0 saturated heterocycles. The van der Waals surface area contributed by atoms with Crippen molar-refractivity contribution in [1.82, 2.24) is 10.6 Å². The van der Waals surface area contributed by atoms with Gasteiger partial charge in [-0.15, -0.1) is 0 Å². The second-order valence-electron chi connectivity index (χ2n) is 5.53. The molecule has 0 spiro atoms. The molecule has 1 aromatic carbocycles. The first kappa shape index (κ1) is 21.9. The van der Waals surface area contributed by atoms with E-state index in [4.69, 9.17) is 0 Å². The van der Waals surface area contributed by atoms with Crippen molar-refractivity contribution in [3.05, 3.63) is 29.3 Å². The Morgan fingerprint density at radius 3 is 2.30 bits per heavy atom. The number of ether oxygens (including phenoxy) is 1. The van der Waals surface area contributed by atoms with Crippen LogP contribution in [0.15, 0.2) is 18.2 Å². The first-order chi connectivity index (χ1) is 12.5. The molecule has 0 saturated carbocycles. The lowest BCUT2D eigenvalue weighted by Crippen LogP contribution is -2.38. The zero-order valence-corrected chi connectivity index (χ0v) is 14.5. The minimum Gasteiger partial charge on any atom is -0.455 e. The zero-order chi connectivity index (χ0) is 20.6. The smallest absolute Gasteiger partial charge is 0.405 e. The highest BCUT2D eigenvalue weighted by atomic mass is 19.4. The van der Waals surface area contributed by atoms with Crippen molar-refractivity contribution in [3.63, 3.8) is 0 Å². The van der Waals surface area contributed by atoms with Gasteiger partial charge in [-0.25, -0.2) is 4.79 Å². The van der Waals surface area contributed by atoms with Gasteiger partial charge >= 0.3 is 18.2 Å². The fourth-order valence-electron chi connectivity index (χ4n) is 1.73. The summed E-state index contributed by atoms with van der Waals surface area (Å²) in [6.45, 7) is 1.28. The summed E-state index contributed by atoms with van der Waals surface area (Å²) < 4.78 is 40.1. The van der Waals surface area contributed by atoms with Crippen LogP contribution < -0.4 is 16.0 Å². The predicted octanol–water partition coefficient (Wildman–Crippen LogP) is 1.56. The largest absolute Gasteiger partial charge is 0.455 e. The number of hydrogen-bond donors (Lipinski definition) is 3. The van der Waals surface area contributed by atoms with Crippen LogP contribution in [-0.4, -0.2) is 43.1 Å². The number of carbonyl (C=O) groups excluding carboxylic acids is 4. The lowest BCUT2D eigenvalue weighted by Gasteiger charge is -2.09. The van der Waals surface area contributed by atoms with Crippen molar-refractivity contribution in [2.45, 2.75) is 26.4 Å². The monoisotopic (exact) mass is 389 g/mol. The normalized spacial score (nSPS) is 10.7. The summed E-state index contributed by atoms with van der Waals surface area (Å²) in [6.07, 6.45) is -5.60. The molecule has 11 heteroatoms. The Kier molecular flexibility index (Phi) is 7.76. The molecule has 0 heterocycles. The highest BCUT2D eigenvalue weighted by molar-refractivity contribution is 6.02. The van der Waals surface area contributed by atoms with Gasteiger partial charge in [0.15, 0.2) is 6.61 Å². The third-order valence-corrected chi connectivity index (χ3v) is 3.17. The van der Waals surface area contributed by atoms with Crippen molar-refractivity contribution in [1.29, 1.82) is 0 Å². The Bertz CT molecular complexity index is 735. The molecule has 4 amide bonds. The summed E-state index contributed by atoms with van der Waals surface area (Å²) in [6, 6.07) is 4.24. The van der Waals surface area contributed by atoms with Gasteiger partial charge in [0.2, 0.25) is 5.91 Å². The van der Waals surface area contributed by atoms with Crippen LogP contribution in [0.1, 0.15) is 17.5 Å². The van der Waals surface area contributed by atoms with E-state index in [1.807, 2.05) is 19.2 Å². The molecule has 1 rings (SSSR count). The van der Waals surface area contributed by atoms with Gasteiger partial charge in [0, 0.05) is 5.69 Å². The highest BCUT2D eigenvalue weighted by Crippen LogP contribution is 2.14. The number of nitrogens with one attached hydrogen (secondary N) is 3. The molecule has 0 radical (unpaired) electrons. The molecule has 0 unspecified atom stereocenters. The zero-order valence-electron chi connectivity index (χ0n) is 14.5. The van der Waals surface area contributed by atoms with E-state index in [2.05, 4.69) is 10.1 Å². The van der Waals surface area contributed by atoms with Crippen molar-refractivity contribution in [3.8, 4) is 0 Å². The molecule has 148 valence electrons. The maximum Gasteiger partial charge on any atom is 0.405 e. The van der Waals surface area contributed by atoms with Gasteiger partial charge in [0.1, 0.15) is 13.0 Å². The minimum absolute atomic E-state index is 0.446. The maximum atomic E-state index is 11.9. The van der Waals surface area contributed by atoms with Crippen LogP contribution in [0.5, 0.6) is 0 Å². The van der Waals surface area contributed by atoms with Crippen LogP contribution in [0, 0.1) is 13.8 Å². The van der Waals surface area contributed by atoms with E-state index in [-0.39, 0.29) is 0 Å². The number of carbonyl (C=O) groups is 4. The average Bonchev–Trinajstić information content (AvgIpc) is 2.54. The van der Waals surface area contributed by atoms with E-state index < -0.39 is 49.6 Å². The number of rotatable bonds is 6. The molecule has 8 nitrogen and oxygen atoms in total. The van der Waals surface area contributed by atoms with Gasteiger partial charge in [0.05, 0.1) is 0 Å². The highest BCUT2D eigenvalue weighted by Gasteiger charge is 2.28. The van der Waals surface area contributed by atoms with Gasteiger partial charge in [-0.05, 0) is 37.1 Å². The fourth-order valence-corrected chi connectivity index (χ4v) is 1.73. The lowest BCUT2D eigenvalue weighted by atomic mass is 10.1. The summed E-state index contributed by atoms with van der Waals surface area (Å²) in [5, 5.41) is 5.79. The quantitative estimate of drug-likeness (QED) is 0.505. The molecule has 0 aliphatic rings. The number of imide groups is 1. The van der Waals surface area contributed by atoms with Crippen LogP contribution in [-0.2, 0) is 19.1 Å². The third kappa shape index (κ3) is 9.23. The molecule has 0 atom stereocenters. The van der Waals surface area contributed by atoms with Crippen LogP contribution >= 0.6 is 0 Å². The van der Waals surface area contributed by atoms with Crippen LogP contribution in [0.2, 0.25) is 0 Å². The summed E-state index contributed by atoms with van der Waals surface area (Å²) in [4.78, 5) is 45.6. The number of halogens is 3. The Balaban J connectivity index is 2.33. The van der Waals surface area contributed by atoms with Gasteiger partial charge in [-0.1, -0.05) is 6.07 Å².